The van der Waals surface area contributed by atoms with E-state index >= 15 is 0 Å². The molecule has 1 atom stereocenters. The van der Waals surface area contributed by atoms with E-state index in [1.165, 1.54) is 43.2 Å². The van der Waals surface area contributed by atoms with Crippen molar-refractivity contribution in [2.24, 2.45) is 5.92 Å². The fraction of sp³-hybridized carbons (Fsp3) is 0.400. The Morgan fingerprint density at radius 2 is 1.85 bits per heavy atom. The van der Waals surface area contributed by atoms with Gasteiger partial charge in [0, 0.05) is 11.6 Å². The smallest absolute Gasteiger partial charge is 0.198 e. The average molecular weight is 454 g/mol. The highest BCUT2D eigenvalue weighted by atomic mass is 19.1. The SMILES string of the molecule is CC(CC1CC1)NCc1nnc(CN(C)C)n1-c1ccc(F)cc1C(=O)c1ccccc1F. The molecular weight excluding hydrogens is 424 g/mol. The standard InChI is InChI=1S/C25H29F2N5O/c1-16(12-17-8-9-17)28-14-23-29-30-24(15-31(2)3)32(23)22-11-10-18(26)13-20(22)25(33)19-6-4-5-7-21(19)27/h4-7,10-11,13,16-17,28H,8-9,12,14-15H2,1-3H3. The molecule has 4 rings (SSSR count). The van der Waals surface area contributed by atoms with Gasteiger partial charge in [0.15, 0.2) is 17.4 Å². The van der Waals surface area contributed by atoms with Crippen molar-refractivity contribution in [2.75, 3.05) is 14.1 Å². The van der Waals surface area contributed by atoms with Crippen LogP contribution < -0.4 is 5.32 Å². The summed E-state index contributed by atoms with van der Waals surface area (Å²) in [5, 5.41) is 12.2. The summed E-state index contributed by atoms with van der Waals surface area (Å²) in [6.07, 6.45) is 3.67. The lowest BCUT2D eigenvalue weighted by molar-refractivity contribution is 0.103. The van der Waals surface area contributed by atoms with Gasteiger partial charge in [0.25, 0.3) is 0 Å². The molecule has 1 saturated carbocycles. The number of carbonyl (C=O) groups excluding carboxylic acids is 1. The van der Waals surface area contributed by atoms with Crippen molar-refractivity contribution < 1.29 is 13.6 Å². The lowest BCUT2D eigenvalue weighted by Gasteiger charge is -2.18. The molecule has 1 aromatic heterocycles. The van der Waals surface area contributed by atoms with E-state index in [9.17, 15) is 13.6 Å². The van der Waals surface area contributed by atoms with Gasteiger partial charge in [0.2, 0.25) is 0 Å². The second-order valence-electron chi connectivity index (χ2n) is 9.04. The Labute approximate surface area is 192 Å². The van der Waals surface area contributed by atoms with Crippen LogP contribution in [0.4, 0.5) is 8.78 Å². The number of benzene rings is 2. The summed E-state index contributed by atoms with van der Waals surface area (Å²) in [5.41, 5.74) is 0.384. The van der Waals surface area contributed by atoms with Gasteiger partial charge in [-0.1, -0.05) is 25.0 Å². The van der Waals surface area contributed by atoms with Crippen molar-refractivity contribution in [2.45, 2.75) is 45.3 Å². The number of hydrogen-bond donors (Lipinski definition) is 1. The van der Waals surface area contributed by atoms with E-state index in [0.717, 1.165) is 18.4 Å². The van der Waals surface area contributed by atoms with Crippen LogP contribution in [-0.4, -0.2) is 45.6 Å². The summed E-state index contributed by atoms with van der Waals surface area (Å²) < 4.78 is 30.4. The normalized spacial score (nSPS) is 14.6. The number of ketones is 1. The highest BCUT2D eigenvalue weighted by molar-refractivity contribution is 6.11. The Morgan fingerprint density at radius 1 is 1.12 bits per heavy atom. The van der Waals surface area contributed by atoms with Crippen LogP contribution in [0.1, 0.15) is 53.8 Å². The molecule has 1 unspecified atom stereocenters. The molecule has 1 aliphatic rings. The van der Waals surface area contributed by atoms with Gasteiger partial charge in [-0.05, 0) is 63.7 Å². The molecule has 1 heterocycles. The minimum Gasteiger partial charge on any atom is -0.307 e. The Hall–Kier alpha value is -2.97. The van der Waals surface area contributed by atoms with Crippen LogP contribution in [0.5, 0.6) is 0 Å². The number of nitrogens with zero attached hydrogens (tertiary/aromatic N) is 4. The van der Waals surface area contributed by atoms with E-state index in [-0.39, 0.29) is 11.1 Å². The maximum atomic E-state index is 14.4. The first-order valence-corrected chi connectivity index (χ1v) is 11.2. The van der Waals surface area contributed by atoms with Crippen molar-refractivity contribution >= 4 is 5.78 Å². The highest BCUT2D eigenvalue weighted by Crippen LogP contribution is 2.33. The number of rotatable bonds is 10. The van der Waals surface area contributed by atoms with Gasteiger partial charge in [0.05, 0.1) is 24.3 Å². The number of carbonyl (C=O) groups is 1. The fourth-order valence-corrected chi connectivity index (χ4v) is 4.01. The van der Waals surface area contributed by atoms with Crippen LogP contribution in [0.3, 0.4) is 0 Å². The Kier molecular flexibility index (Phi) is 6.95. The van der Waals surface area contributed by atoms with E-state index < -0.39 is 17.4 Å². The van der Waals surface area contributed by atoms with Crippen molar-refractivity contribution in [3.05, 3.63) is 76.9 Å². The van der Waals surface area contributed by atoms with Crippen molar-refractivity contribution in [1.29, 1.82) is 0 Å². The largest absolute Gasteiger partial charge is 0.307 e. The van der Waals surface area contributed by atoms with Crippen LogP contribution in [0.15, 0.2) is 42.5 Å². The topological polar surface area (TPSA) is 63.1 Å². The first kappa shape index (κ1) is 23.2. The predicted octanol–water partition coefficient (Wildman–Crippen LogP) is 4.12. The molecular formula is C25H29F2N5O. The van der Waals surface area contributed by atoms with Gasteiger partial charge in [-0.3, -0.25) is 9.36 Å². The van der Waals surface area contributed by atoms with E-state index in [2.05, 4.69) is 22.4 Å². The van der Waals surface area contributed by atoms with Crippen LogP contribution >= 0.6 is 0 Å². The van der Waals surface area contributed by atoms with Gasteiger partial charge in [-0.2, -0.15) is 0 Å². The van der Waals surface area contributed by atoms with E-state index in [1.807, 2.05) is 19.0 Å². The van der Waals surface area contributed by atoms with Gasteiger partial charge in [-0.25, -0.2) is 8.78 Å². The average Bonchev–Trinajstić information content (AvgIpc) is 3.50. The van der Waals surface area contributed by atoms with Gasteiger partial charge in [0.1, 0.15) is 11.6 Å². The summed E-state index contributed by atoms with van der Waals surface area (Å²) in [5.74, 6) is 0.207. The minimum atomic E-state index is -0.647. The zero-order valence-electron chi connectivity index (χ0n) is 19.2. The fourth-order valence-electron chi connectivity index (χ4n) is 4.01. The van der Waals surface area contributed by atoms with Gasteiger partial charge in [-0.15, -0.1) is 10.2 Å². The molecule has 6 nitrogen and oxygen atoms in total. The van der Waals surface area contributed by atoms with Gasteiger partial charge < -0.3 is 10.2 Å². The Morgan fingerprint density at radius 3 is 2.55 bits per heavy atom. The molecule has 2 aromatic carbocycles. The molecule has 33 heavy (non-hydrogen) atoms. The highest BCUT2D eigenvalue weighted by Gasteiger charge is 2.25. The molecule has 8 heteroatoms. The zero-order valence-corrected chi connectivity index (χ0v) is 19.2. The molecule has 1 fully saturated rings. The molecule has 0 saturated heterocycles. The number of aromatic nitrogens is 3. The van der Waals surface area contributed by atoms with E-state index in [4.69, 9.17) is 0 Å². The van der Waals surface area contributed by atoms with Crippen molar-refractivity contribution in [1.82, 2.24) is 25.0 Å². The molecule has 174 valence electrons. The second kappa shape index (κ2) is 9.89. The zero-order chi connectivity index (χ0) is 23.5. The quantitative estimate of drug-likeness (QED) is 0.468. The van der Waals surface area contributed by atoms with Crippen LogP contribution in [0.25, 0.3) is 5.69 Å². The minimum absolute atomic E-state index is 0.0622. The molecule has 3 aromatic rings. The molecule has 1 aliphatic carbocycles. The van der Waals surface area contributed by atoms with Crippen molar-refractivity contribution in [3.8, 4) is 5.69 Å². The summed E-state index contributed by atoms with van der Waals surface area (Å²) in [6.45, 7) is 3.05. The summed E-state index contributed by atoms with van der Waals surface area (Å²) in [7, 11) is 3.81. The Balaban J connectivity index is 1.74. The van der Waals surface area contributed by atoms with Crippen LogP contribution in [-0.2, 0) is 13.1 Å². The lowest BCUT2D eigenvalue weighted by Crippen LogP contribution is -2.28. The monoisotopic (exact) mass is 453 g/mol. The molecule has 0 aliphatic heterocycles. The molecule has 0 bridgehead atoms. The third kappa shape index (κ3) is 5.51. The molecule has 1 N–H and O–H groups in total. The maximum Gasteiger partial charge on any atom is 0.198 e. The molecule has 0 amide bonds. The second-order valence-corrected chi connectivity index (χ2v) is 9.04. The number of halogens is 2. The van der Waals surface area contributed by atoms with Crippen molar-refractivity contribution in [3.63, 3.8) is 0 Å². The number of hydrogen-bond acceptors (Lipinski definition) is 5. The predicted molar refractivity (Wildman–Crippen MR) is 122 cm³/mol. The number of nitrogens with one attached hydrogen (secondary N) is 1. The maximum absolute atomic E-state index is 14.4. The summed E-state index contributed by atoms with van der Waals surface area (Å²) >= 11 is 0. The summed E-state index contributed by atoms with van der Waals surface area (Å²) in [6, 6.07) is 10.0. The van der Waals surface area contributed by atoms with E-state index in [0.29, 0.717) is 36.5 Å². The first-order chi connectivity index (χ1) is 15.8. The molecule has 0 spiro atoms. The Bertz CT molecular complexity index is 1140. The lowest BCUT2D eigenvalue weighted by atomic mass is 10.0. The molecule has 0 radical (unpaired) electrons. The van der Waals surface area contributed by atoms with Crippen LogP contribution in [0, 0.1) is 17.6 Å². The van der Waals surface area contributed by atoms with E-state index in [1.54, 1.807) is 10.6 Å². The third-order valence-electron chi connectivity index (χ3n) is 5.81. The third-order valence-corrected chi connectivity index (χ3v) is 5.81. The van der Waals surface area contributed by atoms with Gasteiger partial charge >= 0.3 is 0 Å². The van der Waals surface area contributed by atoms with Crippen LogP contribution in [0.2, 0.25) is 0 Å². The summed E-state index contributed by atoms with van der Waals surface area (Å²) in [4.78, 5) is 15.2. The first-order valence-electron chi connectivity index (χ1n) is 11.2.